The second kappa shape index (κ2) is 5.16. The molecule has 0 radical (unpaired) electrons. The van der Waals surface area contributed by atoms with Gasteiger partial charge in [0.05, 0.1) is 6.26 Å². The molecule has 0 aliphatic rings. The molecule has 0 heterocycles. The van der Waals surface area contributed by atoms with Crippen molar-refractivity contribution in [1.29, 1.82) is 0 Å². The maximum atomic E-state index is 8.27. The standard InChI is InChI=1S/C6H11BrO/c1-6(2-4-7)3-5-8/h3,5-6,8H,2,4H2,1H3. The molecule has 1 unspecified atom stereocenters. The minimum absolute atomic E-state index is 0.486. The Hall–Kier alpha value is 0.0200. The number of rotatable bonds is 3. The van der Waals surface area contributed by atoms with Gasteiger partial charge in [0.2, 0.25) is 0 Å². The van der Waals surface area contributed by atoms with Gasteiger partial charge in [-0.3, -0.25) is 0 Å². The third-order valence-corrected chi connectivity index (χ3v) is 1.44. The van der Waals surface area contributed by atoms with Crippen molar-refractivity contribution in [3.8, 4) is 0 Å². The maximum absolute atomic E-state index is 8.27. The maximum Gasteiger partial charge on any atom is 0.0754 e. The topological polar surface area (TPSA) is 20.2 Å². The summed E-state index contributed by atoms with van der Waals surface area (Å²) in [5.74, 6) is 0.486. The second-order valence-corrected chi connectivity index (χ2v) is 2.59. The Morgan fingerprint density at radius 3 is 2.75 bits per heavy atom. The molecule has 0 aliphatic carbocycles. The molecule has 2 heteroatoms. The zero-order valence-electron chi connectivity index (χ0n) is 4.97. The molecule has 0 rings (SSSR count). The van der Waals surface area contributed by atoms with Gasteiger partial charge in [0.25, 0.3) is 0 Å². The van der Waals surface area contributed by atoms with Gasteiger partial charge in [-0.2, -0.15) is 0 Å². The molecule has 48 valence electrons. The third kappa shape index (κ3) is 4.19. The quantitative estimate of drug-likeness (QED) is 0.521. The first-order chi connectivity index (χ1) is 3.81. The van der Waals surface area contributed by atoms with Crippen molar-refractivity contribution in [3.05, 3.63) is 12.3 Å². The number of hydrogen-bond donors (Lipinski definition) is 1. The number of hydrogen-bond acceptors (Lipinski definition) is 1. The number of aliphatic hydroxyl groups is 1. The molecule has 8 heavy (non-hydrogen) atoms. The van der Waals surface area contributed by atoms with E-state index in [4.69, 9.17) is 5.11 Å². The highest BCUT2D eigenvalue weighted by molar-refractivity contribution is 9.09. The van der Waals surface area contributed by atoms with Crippen LogP contribution in [0.25, 0.3) is 0 Å². The van der Waals surface area contributed by atoms with E-state index in [0.29, 0.717) is 5.92 Å². The molecule has 0 saturated carbocycles. The van der Waals surface area contributed by atoms with Crippen LogP contribution < -0.4 is 0 Å². The number of alkyl halides is 1. The Morgan fingerprint density at radius 2 is 2.38 bits per heavy atom. The lowest BCUT2D eigenvalue weighted by Gasteiger charge is -1.98. The fourth-order valence-corrected chi connectivity index (χ4v) is 1.14. The van der Waals surface area contributed by atoms with Crippen molar-refractivity contribution in [1.82, 2.24) is 0 Å². The Kier molecular flexibility index (Phi) is 5.18. The summed E-state index contributed by atoms with van der Waals surface area (Å²) in [5.41, 5.74) is 0. The molecule has 0 aromatic heterocycles. The molecule has 1 atom stereocenters. The van der Waals surface area contributed by atoms with Gasteiger partial charge >= 0.3 is 0 Å². The smallest absolute Gasteiger partial charge is 0.0754 e. The first-order valence-corrected chi connectivity index (χ1v) is 3.80. The summed E-state index contributed by atoms with van der Waals surface area (Å²) in [4.78, 5) is 0. The highest BCUT2D eigenvalue weighted by atomic mass is 79.9. The van der Waals surface area contributed by atoms with Crippen LogP contribution in [-0.4, -0.2) is 10.4 Å². The van der Waals surface area contributed by atoms with E-state index in [2.05, 4.69) is 22.9 Å². The summed E-state index contributed by atoms with van der Waals surface area (Å²) in [5, 5.41) is 9.27. The van der Waals surface area contributed by atoms with Crippen molar-refractivity contribution < 1.29 is 5.11 Å². The fourth-order valence-electron chi connectivity index (χ4n) is 0.415. The Labute approximate surface area is 58.5 Å². The summed E-state index contributed by atoms with van der Waals surface area (Å²) in [7, 11) is 0. The van der Waals surface area contributed by atoms with E-state index in [9.17, 15) is 0 Å². The molecule has 0 aliphatic heterocycles. The van der Waals surface area contributed by atoms with Gasteiger partial charge < -0.3 is 5.11 Å². The van der Waals surface area contributed by atoms with Crippen LogP contribution in [-0.2, 0) is 0 Å². The minimum Gasteiger partial charge on any atom is -0.516 e. The van der Waals surface area contributed by atoms with Crippen molar-refractivity contribution in [2.45, 2.75) is 13.3 Å². The van der Waals surface area contributed by atoms with E-state index in [0.717, 1.165) is 18.0 Å². The molecule has 0 aromatic rings. The van der Waals surface area contributed by atoms with E-state index in [1.807, 2.05) is 0 Å². The van der Waals surface area contributed by atoms with E-state index >= 15 is 0 Å². The van der Waals surface area contributed by atoms with E-state index in [1.165, 1.54) is 0 Å². The van der Waals surface area contributed by atoms with Gasteiger partial charge in [-0.25, -0.2) is 0 Å². The Bertz CT molecular complexity index is 70.9. The molecule has 1 N–H and O–H groups in total. The van der Waals surface area contributed by atoms with Gasteiger partial charge in [0.1, 0.15) is 0 Å². The molecule has 0 fully saturated rings. The van der Waals surface area contributed by atoms with Crippen LogP contribution in [0.15, 0.2) is 12.3 Å². The number of halogens is 1. The van der Waals surface area contributed by atoms with E-state index < -0.39 is 0 Å². The minimum atomic E-state index is 0.486. The first kappa shape index (κ1) is 8.02. The highest BCUT2D eigenvalue weighted by Gasteiger charge is 1.92. The lowest BCUT2D eigenvalue weighted by Crippen LogP contribution is -1.88. The van der Waals surface area contributed by atoms with Crippen molar-refractivity contribution in [2.75, 3.05) is 5.33 Å². The summed E-state index contributed by atoms with van der Waals surface area (Å²) >= 11 is 3.30. The van der Waals surface area contributed by atoms with Crippen molar-refractivity contribution in [3.63, 3.8) is 0 Å². The average molecular weight is 179 g/mol. The fraction of sp³-hybridized carbons (Fsp3) is 0.667. The van der Waals surface area contributed by atoms with E-state index in [1.54, 1.807) is 6.08 Å². The zero-order valence-corrected chi connectivity index (χ0v) is 6.56. The second-order valence-electron chi connectivity index (χ2n) is 1.80. The number of allylic oxidation sites excluding steroid dienone is 1. The van der Waals surface area contributed by atoms with Crippen LogP contribution in [0.4, 0.5) is 0 Å². The van der Waals surface area contributed by atoms with Crippen molar-refractivity contribution >= 4 is 15.9 Å². The number of aliphatic hydroxyl groups excluding tert-OH is 1. The summed E-state index contributed by atoms with van der Waals surface area (Å²) in [6, 6.07) is 0. The molecule has 0 spiro atoms. The third-order valence-electron chi connectivity index (χ3n) is 0.979. The van der Waals surface area contributed by atoms with Crippen LogP contribution >= 0.6 is 15.9 Å². The molecule has 0 amide bonds. The molecule has 0 bridgehead atoms. The summed E-state index contributed by atoms with van der Waals surface area (Å²) in [6.07, 6.45) is 3.96. The van der Waals surface area contributed by atoms with Crippen LogP contribution in [0.3, 0.4) is 0 Å². The Balaban J connectivity index is 3.17. The lowest BCUT2D eigenvalue weighted by atomic mass is 10.1. The molecular weight excluding hydrogens is 168 g/mol. The average Bonchev–Trinajstić information content (AvgIpc) is 1.68. The van der Waals surface area contributed by atoms with E-state index in [-0.39, 0.29) is 0 Å². The van der Waals surface area contributed by atoms with Gasteiger partial charge in [-0.15, -0.1) is 0 Å². The van der Waals surface area contributed by atoms with Crippen LogP contribution in [0.2, 0.25) is 0 Å². The van der Waals surface area contributed by atoms with Gasteiger partial charge in [0, 0.05) is 5.33 Å². The van der Waals surface area contributed by atoms with Gasteiger partial charge in [0.15, 0.2) is 0 Å². The summed E-state index contributed by atoms with van der Waals surface area (Å²) < 4.78 is 0. The van der Waals surface area contributed by atoms with Crippen molar-refractivity contribution in [2.24, 2.45) is 5.92 Å². The Morgan fingerprint density at radius 1 is 1.75 bits per heavy atom. The normalized spacial score (nSPS) is 14.8. The molecule has 0 saturated heterocycles. The largest absolute Gasteiger partial charge is 0.516 e. The van der Waals surface area contributed by atoms with Gasteiger partial charge in [-0.05, 0) is 18.4 Å². The molecular formula is C6H11BrO. The van der Waals surface area contributed by atoms with Crippen LogP contribution in [0.1, 0.15) is 13.3 Å². The lowest BCUT2D eigenvalue weighted by molar-refractivity contribution is 0.464. The first-order valence-electron chi connectivity index (χ1n) is 2.68. The van der Waals surface area contributed by atoms with Gasteiger partial charge in [-0.1, -0.05) is 22.9 Å². The predicted molar refractivity (Wildman–Crippen MR) is 39.3 cm³/mol. The molecule has 0 aromatic carbocycles. The highest BCUT2D eigenvalue weighted by Crippen LogP contribution is 2.04. The SMILES string of the molecule is CC(C=CO)CCBr. The zero-order chi connectivity index (χ0) is 6.41. The van der Waals surface area contributed by atoms with Crippen LogP contribution in [0, 0.1) is 5.92 Å². The summed E-state index contributed by atoms with van der Waals surface area (Å²) in [6.45, 7) is 2.06. The monoisotopic (exact) mass is 178 g/mol. The molecule has 1 nitrogen and oxygen atoms in total. The van der Waals surface area contributed by atoms with Crippen LogP contribution in [0.5, 0.6) is 0 Å². The predicted octanol–water partition coefficient (Wildman–Crippen LogP) is 2.48.